The minimum atomic E-state index is -1.19. The van der Waals surface area contributed by atoms with Crippen molar-refractivity contribution in [3.05, 3.63) is 28.7 Å². The van der Waals surface area contributed by atoms with E-state index in [1.54, 1.807) is 24.8 Å². The Kier molecular flexibility index (Phi) is 4.87. The molecule has 2 heterocycles. The fourth-order valence-electron chi connectivity index (χ4n) is 3.31. The monoisotopic (exact) mass is 365 g/mol. The first-order valence-corrected chi connectivity index (χ1v) is 8.37. The number of halogens is 3. The van der Waals surface area contributed by atoms with E-state index in [1.165, 1.54) is 6.07 Å². The first-order valence-electron chi connectivity index (χ1n) is 7.99. The molecule has 132 valence electrons. The third-order valence-electron chi connectivity index (χ3n) is 4.29. The maximum Gasteiger partial charge on any atom is 0.296 e. The summed E-state index contributed by atoms with van der Waals surface area (Å²) in [7, 11) is 0. The van der Waals surface area contributed by atoms with Crippen LogP contribution in [0.2, 0.25) is 5.02 Å². The van der Waals surface area contributed by atoms with Gasteiger partial charge in [0.2, 0.25) is 0 Å². The Morgan fingerprint density at radius 1 is 1.44 bits per heavy atom. The van der Waals surface area contributed by atoms with Crippen LogP contribution in [0.1, 0.15) is 19.0 Å². The molecule has 2 atom stereocenters. The van der Waals surface area contributed by atoms with Crippen molar-refractivity contribution in [1.29, 1.82) is 0 Å². The molecule has 7 heteroatoms. The van der Waals surface area contributed by atoms with Crippen LogP contribution < -0.4 is 10.2 Å². The van der Waals surface area contributed by atoms with Crippen LogP contribution in [0.3, 0.4) is 0 Å². The molecule has 1 aromatic carbocycles. The zero-order valence-corrected chi connectivity index (χ0v) is 14.7. The number of amides is 1. The van der Waals surface area contributed by atoms with E-state index < -0.39 is 23.9 Å². The number of aromatic nitrogens is 1. The predicted octanol–water partition coefficient (Wildman–Crippen LogP) is 3.33. The quantitative estimate of drug-likeness (QED) is 0.802. The second-order valence-electron chi connectivity index (χ2n) is 6.17. The van der Waals surface area contributed by atoms with Crippen molar-refractivity contribution >= 4 is 34.1 Å². The summed E-state index contributed by atoms with van der Waals surface area (Å²) in [5.41, 5.74) is 1.67. The van der Waals surface area contributed by atoms with Crippen LogP contribution in [0.5, 0.6) is 0 Å². The molecular weight excluding hydrogens is 348 g/mol. The summed E-state index contributed by atoms with van der Waals surface area (Å²) in [6.45, 7) is 3.68. The van der Waals surface area contributed by atoms with Gasteiger partial charge in [-0.2, -0.15) is 0 Å². The van der Waals surface area contributed by atoms with E-state index in [0.717, 1.165) is 5.69 Å². The summed E-state index contributed by atoms with van der Waals surface area (Å²) in [5.74, 6) is 3.94. The summed E-state index contributed by atoms with van der Waals surface area (Å²) in [4.78, 5) is 16.4. The van der Waals surface area contributed by atoms with E-state index in [1.807, 2.05) is 0 Å². The Morgan fingerprint density at radius 2 is 2.20 bits per heavy atom. The van der Waals surface area contributed by atoms with Crippen LogP contribution in [-0.4, -0.2) is 36.2 Å². The van der Waals surface area contributed by atoms with Gasteiger partial charge in [-0.25, -0.2) is 8.78 Å². The number of fused-ring (bicyclic) bond motifs is 1. The highest BCUT2D eigenvalue weighted by atomic mass is 35.5. The Morgan fingerprint density at radius 3 is 2.92 bits per heavy atom. The molecule has 0 aliphatic carbocycles. The topological polar surface area (TPSA) is 48.1 Å². The lowest BCUT2D eigenvalue weighted by Crippen LogP contribution is -2.51. The molecule has 0 spiro atoms. The zero-order valence-electron chi connectivity index (χ0n) is 13.9. The molecule has 4 nitrogen and oxygen atoms in total. The third-order valence-corrected chi connectivity index (χ3v) is 4.76. The molecular formula is C18H18ClF2N3O. The Hall–Kier alpha value is -2.26. The van der Waals surface area contributed by atoms with Gasteiger partial charge in [0.05, 0.1) is 16.8 Å². The predicted molar refractivity (Wildman–Crippen MR) is 95.1 cm³/mol. The highest BCUT2D eigenvalue weighted by Gasteiger charge is 2.31. The minimum Gasteiger partial charge on any atom is -0.364 e. The second-order valence-corrected chi connectivity index (χ2v) is 6.54. The van der Waals surface area contributed by atoms with Gasteiger partial charge in [-0.05, 0) is 31.9 Å². The molecule has 0 saturated carbocycles. The number of benzene rings is 1. The van der Waals surface area contributed by atoms with Gasteiger partial charge in [-0.15, -0.1) is 0 Å². The molecule has 0 bridgehead atoms. The molecule has 2 N–H and O–H groups in total. The number of alkyl halides is 1. The molecule has 0 radical (unpaired) electrons. The summed E-state index contributed by atoms with van der Waals surface area (Å²) >= 11 is 6.33. The number of piperidine rings is 1. The number of H-pyrrole nitrogens is 1. The van der Waals surface area contributed by atoms with Crippen molar-refractivity contribution < 1.29 is 13.6 Å². The molecule has 2 aromatic rings. The van der Waals surface area contributed by atoms with Crippen molar-refractivity contribution in [2.24, 2.45) is 0 Å². The SMILES string of the molecule is CC#CC(=O)N[C@H]1C[C@@H](F)CN(c2c(F)ccc3[nH]c(C)c(Cl)c23)C1. The van der Waals surface area contributed by atoms with Crippen LogP contribution in [0.25, 0.3) is 10.9 Å². The van der Waals surface area contributed by atoms with Gasteiger partial charge in [0.15, 0.2) is 0 Å². The van der Waals surface area contributed by atoms with Crippen molar-refractivity contribution in [2.45, 2.75) is 32.5 Å². The average Bonchev–Trinajstić information content (AvgIpc) is 2.82. The standard InChI is InChI=1S/C18H18ClF2N3O/c1-3-4-15(25)23-12-7-11(20)8-24(9-12)18-13(21)5-6-14-16(18)17(19)10(2)22-14/h5-6,11-12,22H,7-9H2,1-2H3,(H,23,25)/t11-,12+/m1/s1. The highest BCUT2D eigenvalue weighted by molar-refractivity contribution is 6.37. The lowest BCUT2D eigenvalue weighted by molar-refractivity contribution is -0.116. The number of rotatable bonds is 2. The number of nitrogens with one attached hydrogen (secondary N) is 2. The maximum atomic E-state index is 14.6. The van der Waals surface area contributed by atoms with Gasteiger partial charge < -0.3 is 15.2 Å². The smallest absolute Gasteiger partial charge is 0.296 e. The van der Waals surface area contributed by atoms with E-state index in [2.05, 4.69) is 22.1 Å². The largest absolute Gasteiger partial charge is 0.364 e. The molecule has 1 saturated heterocycles. The first kappa shape index (κ1) is 17.6. The number of aromatic amines is 1. The number of hydrogen-bond donors (Lipinski definition) is 2. The number of aryl methyl sites for hydroxylation is 1. The molecule has 25 heavy (non-hydrogen) atoms. The number of carbonyl (C=O) groups excluding carboxylic acids is 1. The lowest BCUT2D eigenvalue weighted by atomic mass is 10.0. The summed E-state index contributed by atoms with van der Waals surface area (Å²) in [5, 5.41) is 3.63. The minimum absolute atomic E-state index is 0.0441. The maximum absolute atomic E-state index is 14.6. The van der Waals surface area contributed by atoms with Gasteiger partial charge in [-0.1, -0.05) is 17.5 Å². The number of carbonyl (C=O) groups is 1. The normalized spacial score (nSPS) is 20.3. The Balaban J connectivity index is 1.97. The van der Waals surface area contributed by atoms with E-state index in [4.69, 9.17) is 11.6 Å². The zero-order chi connectivity index (χ0) is 18.1. The first-order chi connectivity index (χ1) is 11.9. The average molecular weight is 366 g/mol. The fourth-order valence-corrected chi connectivity index (χ4v) is 3.54. The van der Waals surface area contributed by atoms with Crippen molar-refractivity contribution in [3.63, 3.8) is 0 Å². The van der Waals surface area contributed by atoms with Gasteiger partial charge in [0.25, 0.3) is 5.91 Å². The highest BCUT2D eigenvalue weighted by Crippen LogP contribution is 2.38. The summed E-state index contributed by atoms with van der Waals surface area (Å²) < 4.78 is 28.8. The second kappa shape index (κ2) is 6.93. The number of anilines is 1. The van der Waals surface area contributed by atoms with E-state index in [9.17, 15) is 13.6 Å². The van der Waals surface area contributed by atoms with Crippen LogP contribution >= 0.6 is 11.6 Å². The molecule has 1 aromatic heterocycles. The van der Waals surface area contributed by atoms with E-state index in [-0.39, 0.29) is 25.2 Å². The van der Waals surface area contributed by atoms with E-state index >= 15 is 0 Å². The van der Waals surface area contributed by atoms with Crippen LogP contribution in [-0.2, 0) is 4.79 Å². The lowest BCUT2D eigenvalue weighted by Gasteiger charge is -2.36. The van der Waals surface area contributed by atoms with E-state index in [0.29, 0.717) is 15.9 Å². The van der Waals surface area contributed by atoms with Crippen LogP contribution in [0, 0.1) is 24.6 Å². The van der Waals surface area contributed by atoms with Crippen molar-refractivity contribution in [1.82, 2.24) is 10.3 Å². The summed E-state index contributed by atoms with van der Waals surface area (Å²) in [6.07, 6.45) is -1.02. The van der Waals surface area contributed by atoms with Gasteiger partial charge in [0.1, 0.15) is 12.0 Å². The fraction of sp³-hybridized carbons (Fsp3) is 0.389. The molecule has 1 fully saturated rings. The number of nitrogens with zero attached hydrogens (tertiary/aromatic N) is 1. The van der Waals surface area contributed by atoms with Gasteiger partial charge in [-0.3, -0.25) is 4.79 Å². The molecule has 1 aliphatic rings. The molecule has 1 aliphatic heterocycles. The third kappa shape index (κ3) is 3.42. The number of hydrogen-bond acceptors (Lipinski definition) is 2. The van der Waals surface area contributed by atoms with Gasteiger partial charge in [0, 0.05) is 36.1 Å². The summed E-state index contributed by atoms with van der Waals surface area (Å²) in [6, 6.07) is 2.49. The molecule has 1 amide bonds. The Bertz CT molecular complexity index is 884. The molecule has 3 rings (SSSR count). The van der Waals surface area contributed by atoms with Crippen molar-refractivity contribution in [3.8, 4) is 11.8 Å². The Labute approximate surface area is 149 Å². The van der Waals surface area contributed by atoms with Gasteiger partial charge >= 0.3 is 0 Å². The van der Waals surface area contributed by atoms with Crippen LogP contribution in [0.15, 0.2) is 12.1 Å². The molecule has 0 unspecified atom stereocenters. The van der Waals surface area contributed by atoms with Crippen LogP contribution in [0.4, 0.5) is 14.5 Å². The van der Waals surface area contributed by atoms with Crippen molar-refractivity contribution in [2.75, 3.05) is 18.0 Å².